The molecule has 1 heterocycles. The van der Waals surface area contributed by atoms with E-state index < -0.39 is 0 Å². The lowest BCUT2D eigenvalue weighted by atomic mass is 10.0. The Morgan fingerprint density at radius 2 is 1.60 bits per heavy atom. The number of amides is 2. The molecule has 1 aliphatic rings. The Bertz CT molecular complexity index is 874. The van der Waals surface area contributed by atoms with Crippen molar-refractivity contribution in [3.8, 4) is 0 Å². The number of hydrogen-bond acceptors (Lipinski definition) is 3. The first-order valence-corrected chi connectivity index (χ1v) is 10.6. The lowest BCUT2D eigenvalue weighted by Gasteiger charge is -2.35. The van der Waals surface area contributed by atoms with Crippen molar-refractivity contribution >= 4 is 17.5 Å². The number of nitrogens with one attached hydrogen (secondary N) is 2. The predicted octanol–water partition coefficient (Wildman–Crippen LogP) is 4.00. The van der Waals surface area contributed by atoms with Gasteiger partial charge in [-0.05, 0) is 62.1 Å². The fourth-order valence-electron chi connectivity index (χ4n) is 3.53. The maximum absolute atomic E-state index is 13.0. The van der Waals surface area contributed by atoms with Crippen LogP contribution in [0.25, 0.3) is 0 Å². The lowest BCUT2D eigenvalue weighted by molar-refractivity contribution is 0.0925. The zero-order valence-corrected chi connectivity index (χ0v) is 17.8. The topological polar surface area (TPSA) is 61.4 Å². The quantitative estimate of drug-likeness (QED) is 0.755. The van der Waals surface area contributed by atoms with E-state index in [1.165, 1.54) is 24.3 Å². The van der Waals surface area contributed by atoms with Crippen LogP contribution < -0.4 is 15.5 Å². The fourth-order valence-corrected chi connectivity index (χ4v) is 3.53. The Morgan fingerprint density at radius 3 is 2.23 bits per heavy atom. The molecule has 2 aromatic carbocycles. The summed E-state index contributed by atoms with van der Waals surface area (Å²) in [5, 5.41) is 6.12. The van der Waals surface area contributed by atoms with Crippen LogP contribution in [0.4, 0.5) is 10.1 Å². The molecule has 0 saturated carbocycles. The van der Waals surface area contributed by atoms with Crippen LogP contribution in [0.1, 0.15) is 54.3 Å². The molecule has 0 aromatic heterocycles. The van der Waals surface area contributed by atoms with Gasteiger partial charge in [0.05, 0.1) is 5.56 Å². The summed E-state index contributed by atoms with van der Waals surface area (Å²) in [4.78, 5) is 27.4. The number of para-hydroxylation sites is 1. The molecule has 1 atom stereocenters. The first kappa shape index (κ1) is 21.8. The van der Waals surface area contributed by atoms with Crippen molar-refractivity contribution < 1.29 is 14.0 Å². The summed E-state index contributed by atoms with van der Waals surface area (Å²) in [6.45, 7) is 7.68. The van der Waals surface area contributed by atoms with Gasteiger partial charge < -0.3 is 15.5 Å². The summed E-state index contributed by atoms with van der Waals surface area (Å²) < 4.78 is 13.0. The van der Waals surface area contributed by atoms with Gasteiger partial charge in [0.15, 0.2) is 0 Å². The monoisotopic (exact) mass is 411 g/mol. The molecule has 2 amide bonds. The van der Waals surface area contributed by atoms with Gasteiger partial charge in [-0.3, -0.25) is 9.59 Å². The molecule has 0 unspecified atom stereocenters. The third-order valence-electron chi connectivity index (χ3n) is 5.78. The Labute approximate surface area is 177 Å². The molecule has 160 valence electrons. The Balaban J connectivity index is 1.60. The molecule has 2 N–H and O–H groups in total. The molecule has 2 aromatic rings. The number of benzene rings is 2. The van der Waals surface area contributed by atoms with E-state index >= 15 is 0 Å². The van der Waals surface area contributed by atoms with Crippen molar-refractivity contribution in [3.63, 3.8) is 0 Å². The summed E-state index contributed by atoms with van der Waals surface area (Å²) in [5.74, 6) is -0.235. The smallest absolute Gasteiger partial charge is 0.253 e. The van der Waals surface area contributed by atoms with E-state index in [1.54, 1.807) is 0 Å². The fraction of sp³-hybridized carbons (Fsp3) is 0.417. The average Bonchev–Trinajstić information content (AvgIpc) is 2.74. The van der Waals surface area contributed by atoms with Gasteiger partial charge in [0.25, 0.3) is 11.8 Å². The number of anilines is 1. The van der Waals surface area contributed by atoms with Crippen LogP contribution in [-0.2, 0) is 0 Å². The van der Waals surface area contributed by atoms with Crippen LogP contribution in [0.15, 0.2) is 48.5 Å². The normalized spacial score (nSPS) is 15.7. The molecular weight excluding hydrogens is 381 g/mol. The predicted molar refractivity (Wildman–Crippen MR) is 117 cm³/mol. The number of hydrogen-bond donors (Lipinski definition) is 2. The van der Waals surface area contributed by atoms with Gasteiger partial charge in [-0.15, -0.1) is 0 Å². The highest BCUT2D eigenvalue weighted by Crippen LogP contribution is 2.25. The summed E-state index contributed by atoms with van der Waals surface area (Å²) in [6, 6.07) is 13.4. The first-order chi connectivity index (χ1) is 14.3. The lowest BCUT2D eigenvalue weighted by Crippen LogP contribution is -2.45. The molecular formula is C24H30FN3O2. The standard InChI is InChI=1S/C24H30FN3O2/c1-16(2)17(3)26-24(30)21-6-4-5-7-22(21)28-14-12-20(13-15-28)27-23(29)18-8-10-19(25)11-9-18/h4-11,16-17,20H,12-15H2,1-3H3,(H,26,30)(H,27,29)/t17-/m1/s1. The SMILES string of the molecule is CC(C)[C@@H](C)NC(=O)c1ccccc1N1CCC(NC(=O)c2ccc(F)cc2)CC1. The average molecular weight is 412 g/mol. The van der Waals surface area contributed by atoms with Gasteiger partial charge in [-0.2, -0.15) is 0 Å². The van der Waals surface area contributed by atoms with Crippen LogP contribution >= 0.6 is 0 Å². The largest absolute Gasteiger partial charge is 0.371 e. The van der Waals surface area contributed by atoms with E-state index in [0.717, 1.165) is 31.6 Å². The number of halogens is 1. The molecule has 1 aliphatic heterocycles. The third-order valence-corrected chi connectivity index (χ3v) is 5.78. The number of carbonyl (C=O) groups excluding carboxylic acids is 2. The van der Waals surface area contributed by atoms with E-state index in [1.807, 2.05) is 31.2 Å². The number of rotatable bonds is 6. The molecule has 1 saturated heterocycles. The van der Waals surface area contributed by atoms with Crippen LogP contribution in [0, 0.1) is 11.7 Å². The van der Waals surface area contributed by atoms with E-state index in [-0.39, 0.29) is 29.7 Å². The van der Waals surface area contributed by atoms with Crippen LogP contribution in [0.3, 0.4) is 0 Å². The van der Waals surface area contributed by atoms with Crippen LogP contribution in [0.2, 0.25) is 0 Å². The summed E-state index contributed by atoms with van der Waals surface area (Å²) in [6.07, 6.45) is 1.57. The molecule has 1 fully saturated rings. The van der Waals surface area contributed by atoms with Crippen molar-refractivity contribution in [2.45, 2.75) is 45.7 Å². The second-order valence-electron chi connectivity index (χ2n) is 8.26. The van der Waals surface area contributed by atoms with E-state index in [0.29, 0.717) is 17.0 Å². The molecule has 30 heavy (non-hydrogen) atoms. The third kappa shape index (κ3) is 5.38. The van der Waals surface area contributed by atoms with E-state index in [9.17, 15) is 14.0 Å². The van der Waals surface area contributed by atoms with Crippen LogP contribution in [0.5, 0.6) is 0 Å². The zero-order valence-electron chi connectivity index (χ0n) is 17.8. The van der Waals surface area contributed by atoms with E-state index in [2.05, 4.69) is 29.4 Å². The molecule has 0 radical (unpaired) electrons. The van der Waals surface area contributed by atoms with Gasteiger partial charge in [-0.25, -0.2) is 4.39 Å². The Hall–Kier alpha value is -2.89. The Kier molecular flexibility index (Phi) is 7.08. The highest BCUT2D eigenvalue weighted by atomic mass is 19.1. The minimum Gasteiger partial charge on any atom is -0.371 e. The molecule has 0 aliphatic carbocycles. The molecule has 6 heteroatoms. The summed E-state index contributed by atoms with van der Waals surface area (Å²) in [5.41, 5.74) is 2.06. The highest BCUT2D eigenvalue weighted by molar-refractivity contribution is 6.00. The van der Waals surface area contributed by atoms with Crippen molar-refractivity contribution in [1.29, 1.82) is 0 Å². The molecule has 5 nitrogen and oxygen atoms in total. The van der Waals surface area contributed by atoms with Gasteiger partial charge in [-0.1, -0.05) is 26.0 Å². The van der Waals surface area contributed by atoms with Crippen molar-refractivity contribution in [3.05, 3.63) is 65.5 Å². The van der Waals surface area contributed by atoms with Gasteiger partial charge in [0, 0.05) is 36.4 Å². The number of piperidine rings is 1. The van der Waals surface area contributed by atoms with Crippen molar-refractivity contribution in [2.24, 2.45) is 5.92 Å². The van der Waals surface area contributed by atoms with Gasteiger partial charge in [0.2, 0.25) is 0 Å². The minimum atomic E-state index is -0.356. The second-order valence-corrected chi connectivity index (χ2v) is 8.26. The second kappa shape index (κ2) is 9.74. The summed E-state index contributed by atoms with van der Waals surface area (Å²) in [7, 11) is 0. The Morgan fingerprint density at radius 1 is 0.967 bits per heavy atom. The maximum atomic E-state index is 13.0. The van der Waals surface area contributed by atoms with Crippen molar-refractivity contribution in [1.82, 2.24) is 10.6 Å². The highest BCUT2D eigenvalue weighted by Gasteiger charge is 2.24. The number of nitrogens with zero attached hydrogens (tertiary/aromatic N) is 1. The first-order valence-electron chi connectivity index (χ1n) is 10.6. The molecule has 0 bridgehead atoms. The van der Waals surface area contributed by atoms with E-state index in [4.69, 9.17) is 0 Å². The van der Waals surface area contributed by atoms with Gasteiger partial charge in [0.1, 0.15) is 5.82 Å². The number of carbonyl (C=O) groups is 2. The molecule has 0 spiro atoms. The summed E-state index contributed by atoms with van der Waals surface area (Å²) >= 11 is 0. The van der Waals surface area contributed by atoms with Crippen molar-refractivity contribution in [2.75, 3.05) is 18.0 Å². The van der Waals surface area contributed by atoms with Gasteiger partial charge >= 0.3 is 0 Å². The molecule has 3 rings (SSSR count). The van der Waals surface area contributed by atoms with Crippen LogP contribution in [-0.4, -0.2) is 37.0 Å². The zero-order chi connectivity index (χ0) is 21.7. The maximum Gasteiger partial charge on any atom is 0.253 e. The minimum absolute atomic E-state index is 0.0563.